The van der Waals surface area contributed by atoms with Crippen molar-refractivity contribution in [2.75, 3.05) is 0 Å². The SMILES string of the molecule is CC[C@@H](O)c1ccc(Oc2ccc(C(C)(C)C)cc2)cn1. The van der Waals surface area contributed by atoms with Gasteiger partial charge in [-0.2, -0.15) is 0 Å². The van der Waals surface area contributed by atoms with Gasteiger partial charge in [0.2, 0.25) is 0 Å². The molecule has 2 aromatic rings. The predicted octanol–water partition coefficient (Wildman–Crippen LogP) is 4.61. The van der Waals surface area contributed by atoms with E-state index in [1.807, 2.05) is 25.1 Å². The molecule has 3 nitrogen and oxygen atoms in total. The van der Waals surface area contributed by atoms with Crippen LogP contribution in [0, 0.1) is 0 Å². The standard InChI is InChI=1S/C18H23NO2/c1-5-17(20)16-11-10-15(12-19-16)21-14-8-6-13(7-9-14)18(2,3)4/h6-12,17,20H,5H2,1-4H3/t17-/m1/s1. The second kappa shape index (κ2) is 6.27. The Morgan fingerprint density at radius 3 is 2.14 bits per heavy atom. The number of aliphatic hydroxyl groups is 1. The predicted molar refractivity (Wildman–Crippen MR) is 84.7 cm³/mol. The first-order valence-corrected chi connectivity index (χ1v) is 7.32. The van der Waals surface area contributed by atoms with Crippen molar-refractivity contribution < 1.29 is 9.84 Å². The summed E-state index contributed by atoms with van der Waals surface area (Å²) in [7, 11) is 0. The number of hydrogen-bond acceptors (Lipinski definition) is 3. The Labute approximate surface area is 126 Å². The second-order valence-corrected chi connectivity index (χ2v) is 6.22. The molecule has 0 unspecified atom stereocenters. The average Bonchev–Trinajstić information content (AvgIpc) is 2.47. The molecule has 1 aromatic carbocycles. The molecule has 0 fully saturated rings. The van der Waals surface area contributed by atoms with E-state index in [2.05, 4.69) is 37.9 Å². The van der Waals surface area contributed by atoms with E-state index in [0.29, 0.717) is 17.9 Å². The Morgan fingerprint density at radius 2 is 1.67 bits per heavy atom. The van der Waals surface area contributed by atoms with Crippen LogP contribution in [0.5, 0.6) is 11.5 Å². The van der Waals surface area contributed by atoms with Gasteiger partial charge in [0.25, 0.3) is 0 Å². The number of aromatic nitrogens is 1. The van der Waals surface area contributed by atoms with Crippen LogP contribution in [0.1, 0.15) is 51.5 Å². The number of hydrogen-bond donors (Lipinski definition) is 1. The summed E-state index contributed by atoms with van der Waals surface area (Å²) in [6.45, 7) is 8.48. The van der Waals surface area contributed by atoms with Crippen molar-refractivity contribution in [2.45, 2.75) is 45.6 Å². The zero-order valence-electron chi connectivity index (χ0n) is 13.1. The topological polar surface area (TPSA) is 42.4 Å². The van der Waals surface area contributed by atoms with Crippen molar-refractivity contribution >= 4 is 0 Å². The van der Waals surface area contributed by atoms with E-state index >= 15 is 0 Å². The van der Waals surface area contributed by atoms with Crippen molar-refractivity contribution in [3.8, 4) is 11.5 Å². The first-order chi connectivity index (χ1) is 9.90. The molecule has 2 rings (SSSR count). The molecule has 1 heterocycles. The highest BCUT2D eigenvalue weighted by Gasteiger charge is 2.13. The lowest BCUT2D eigenvalue weighted by molar-refractivity contribution is 0.169. The third kappa shape index (κ3) is 4.05. The van der Waals surface area contributed by atoms with Crippen molar-refractivity contribution in [1.29, 1.82) is 0 Å². The zero-order chi connectivity index (χ0) is 15.5. The summed E-state index contributed by atoms with van der Waals surface area (Å²) >= 11 is 0. The fraction of sp³-hybridized carbons (Fsp3) is 0.389. The van der Waals surface area contributed by atoms with Gasteiger partial charge in [-0.25, -0.2) is 0 Å². The molecule has 0 amide bonds. The first-order valence-electron chi connectivity index (χ1n) is 7.32. The minimum Gasteiger partial charge on any atom is -0.456 e. The van der Waals surface area contributed by atoms with Crippen LogP contribution in [0.25, 0.3) is 0 Å². The lowest BCUT2D eigenvalue weighted by Crippen LogP contribution is -2.10. The second-order valence-electron chi connectivity index (χ2n) is 6.22. The van der Waals surface area contributed by atoms with E-state index in [4.69, 9.17) is 4.74 Å². The van der Waals surface area contributed by atoms with Crippen molar-refractivity contribution in [3.05, 3.63) is 53.9 Å². The largest absolute Gasteiger partial charge is 0.456 e. The molecule has 1 aromatic heterocycles. The maximum Gasteiger partial charge on any atom is 0.145 e. The third-order valence-electron chi connectivity index (χ3n) is 3.44. The molecule has 0 bridgehead atoms. The van der Waals surface area contributed by atoms with Crippen LogP contribution in [-0.4, -0.2) is 10.1 Å². The van der Waals surface area contributed by atoms with Crippen LogP contribution in [0.3, 0.4) is 0 Å². The van der Waals surface area contributed by atoms with E-state index in [-0.39, 0.29) is 5.41 Å². The summed E-state index contributed by atoms with van der Waals surface area (Å²) in [6.07, 6.45) is 1.79. The number of benzene rings is 1. The fourth-order valence-corrected chi connectivity index (χ4v) is 2.02. The van der Waals surface area contributed by atoms with Gasteiger partial charge in [-0.15, -0.1) is 0 Å². The molecule has 0 aliphatic carbocycles. The first kappa shape index (κ1) is 15.5. The van der Waals surface area contributed by atoms with Gasteiger partial charge in [0.05, 0.1) is 18.0 Å². The van der Waals surface area contributed by atoms with Gasteiger partial charge < -0.3 is 9.84 Å². The summed E-state index contributed by atoms with van der Waals surface area (Å²) in [5, 5.41) is 9.71. The number of rotatable bonds is 4. The molecule has 0 aliphatic heterocycles. The summed E-state index contributed by atoms with van der Waals surface area (Å²) in [6, 6.07) is 11.7. The maximum absolute atomic E-state index is 9.71. The Bertz CT molecular complexity index is 568. The lowest BCUT2D eigenvalue weighted by atomic mass is 9.87. The molecule has 0 spiro atoms. The van der Waals surface area contributed by atoms with E-state index in [9.17, 15) is 5.11 Å². The van der Waals surface area contributed by atoms with Crippen molar-refractivity contribution in [1.82, 2.24) is 4.98 Å². The van der Waals surface area contributed by atoms with Gasteiger partial charge in [0, 0.05) is 0 Å². The minimum atomic E-state index is -0.509. The van der Waals surface area contributed by atoms with E-state index in [1.165, 1.54) is 5.56 Å². The van der Waals surface area contributed by atoms with Gasteiger partial charge >= 0.3 is 0 Å². The van der Waals surface area contributed by atoms with Crippen LogP contribution in [0.4, 0.5) is 0 Å². The molecule has 0 radical (unpaired) electrons. The molecule has 21 heavy (non-hydrogen) atoms. The molecule has 112 valence electrons. The van der Waals surface area contributed by atoms with Crippen LogP contribution in [0.2, 0.25) is 0 Å². The van der Waals surface area contributed by atoms with E-state index in [0.717, 1.165) is 5.75 Å². The lowest BCUT2D eigenvalue weighted by Gasteiger charge is -2.19. The highest BCUT2D eigenvalue weighted by Crippen LogP contribution is 2.27. The van der Waals surface area contributed by atoms with E-state index < -0.39 is 6.10 Å². The Balaban J connectivity index is 2.08. The Morgan fingerprint density at radius 1 is 1.05 bits per heavy atom. The van der Waals surface area contributed by atoms with Gasteiger partial charge in [-0.1, -0.05) is 39.8 Å². The number of pyridine rings is 1. The van der Waals surface area contributed by atoms with Gasteiger partial charge in [-0.3, -0.25) is 4.98 Å². The molecular weight excluding hydrogens is 262 g/mol. The highest BCUT2D eigenvalue weighted by atomic mass is 16.5. The molecule has 0 saturated carbocycles. The minimum absolute atomic E-state index is 0.137. The van der Waals surface area contributed by atoms with Crippen LogP contribution in [-0.2, 0) is 5.41 Å². The highest BCUT2D eigenvalue weighted by molar-refractivity contribution is 5.34. The zero-order valence-corrected chi connectivity index (χ0v) is 13.1. The molecule has 1 atom stereocenters. The molecule has 0 saturated heterocycles. The van der Waals surface area contributed by atoms with Gasteiger partial charge in [-0.05, 0) is 41.7 Å². The fourth-order valence-electron chi connectivity index (χ4n) is 2.02. The summed E-state index contributed by atoms with van der Waals surface area (Å²) in [5.41, 5.74) is 2.08. The Hall–Kier alpha value is -1.87. The van der Waals surface area contributed by atoms with Crippen LogP contribution >= 0.6 is 0 Å². The monoisotopic (exact) mass is 285 g/mol. The molecular formula is C18H23NO2. The normalized spacial score (nSPS) is 13.0. The quantitative estimate of drug-likeness (QED) is 0.891. The van der Waals surface area contributed by atoms with Crippen molar-refractivity contribution in [3.63, 3.8) is 0 Å². The maximum atomic E-state index is 9.71. The van der Waals surface area contributed by atoms with Gasteiger partial charge in [0.1, 0.15) is 11.5 Å². The third-order valence-corrected chi connectivity index (χ3v) is 3.44. The number of aliphatic hydroxyl groups excluding tert-OH is 1. The van der Waals surface area contributed by atoms with E-state index in [1.54, 1.807) is 12.3 Å². The Kier molecular flexibility index (Phi) is 4.63. The number of ether oxygens (including phenoxy) is 1. The van der Waals surface area contributed by atoms with Crippen LogP contribution in [0.15, 0.2) is 42.6 Å². The van der Waals surface area contributed by atoms with Crippen LogP contribution < -0.4 is 4.74 Å². The van der Waals surface area contributed by atoms with Crippen molar-refractivity contribution in [2.24, 2.45) is 0 Å². The molecule has 3 heteroatoms. The average molecular weight is 285 g/mol. The van der Waals surface area contributed by atoms with Gasteiger partial charge in [0.15, 0.2) is 0 Å². The summed E-state index contributed by atoms with van der Waals surface area (Å²) in [4.78, 5) is 4.23. The number of nitrogens with zero attached hydrogens (tertiary/aromatic N) is 1. The smallest absolute Gasteiger partial charge is 0.145 e. The molecule has 1 N–H and O–H groups in total. The molecule has 0 aliphatic rings. The summed E-state index contributed by atoms with van der Waals surface area (Å²) < 4.78 is 5.77. The summed E-state index contributed by atoms with van der Waals surface area (Å²) in [5.74, 6) is 1.46.